The maximum Gasteiger partial charge on any atom is 0.280 e. The highest BCUT2D eigenvalue weighted by atomic mass is 32.2. The van der Waals surface area contributed by atoms with Gasteiger partial charge in [-0.3, -0.25) is 19.9 Å². The van der Waals surface area contributed by atoms with Crippen molar-refractivity contribution in [2.24, 2.45) is 4.99 Å². The number of aryl methyl sites for hydroxylation is 2. The highest BCUT2D eigenvalue weighted by molar-refractivity contribution is 7.90. The molecule has 2 aliphatic rings. The van der Waals surface area contributed by atoms with Crippen LogP contribution in [0.25, 0.3) is 0 Å². The molecular weight excluding hydrogens is 522 g/mol. The number of piperidine rings is 1. The number of carbonyl (C=O) groups is 2. The number of rotatable bonds is 4. The monoisotopic (exact) mass is 551 g/mol. The Hall–Kier alpha value is -4.46. The molecular formula is C25H29N9O4S. The molecule has 0 aliphatic carbocycles. The van der Waals surface area contributed by atoms with Crippen LogP contribution in [0.1, 0.15) is 44.9 Å². The molecule has 2 amide bonds. The van der Waals surface area contributed by atoms with Crippen LogP contribution in [0.4, 0.5) is 11.6 Å². The number of nitrogens with two attached hydrogens (primary N) is 2. The Labute approximate surface area is 225 Å². The van der Waals surface area contributed by atoms with Crippen LogP contribution in [0.2, 0.25) is 0 Å². The number of aromatic nitrogens is 3. The summed E-state index contributed by atoms with van der Waals surface area (Å²) in [5.74, 6) is -0.415. The Morgan fingerprint density at radius 1 is 1.03 bits per heavy atom. The first kappa shape index (κ1) is 26.2. The molecule has 0 atom stereocenters. The third-order valence-electron chi connectivity index (χ3n) is 7.02. The lowest BCUT2D eigenvalue weighted by Gasteiger charge is -2.39. The van der Waals surface area contributed by atoms with Crippen molar-refractivity contribution in [2.45, 2.75) is 37.1 Å². The van der Waals surface area contributed by atoms with Crippen LogP contribution in [0.15, 0.2) is 52.6 Å². The molecule has 14 heteroatoms. The summed E-state index contributed by atoms with van der Waals surface area (Å²) in [4.78, 5) is 40.2. The molecule has 1 fully saturated rings. The molecule has 4 heterocycles. The normalized spacial score (nSPS) is 16.6. The highest BCUT2D eigenvalue weighted by Crippen LogP contribution is 2.27. The second-order valence-corrected chi connectivity index (χ2v) is 11.6. The van der Waals surface area contributed by atoms with Gasteiger partial charge in [0.2, 0.25) is 0 Å². The summed E-state index contributed by atoms with van der Waals surface area (Å²) in [6.07, 6.45) is 3.91. The minimum Gasteiger partial charge on any atom is -0.382 e. The molecule has 3 aromatic rings. The topological polar surface area (TPSA) is 191 Å². The summed E-state index contributed by atoms with van der Waals surface area (Å²) in [5, 5.41) is 5.96. The number of nitrogen functional groups attached to an aromatic ring is 2. The zero-order valence-electron chi connectivity index (χ0n) is 21.5. The number of hydrogen-bond acceptors (Lipinski definition) is 10. The zero-order valence-corrected chi connectivity index (χ0v) is 22.3. The van der Waals surface area contributed by atoms with Crippen LogP contribution in [-0.4, -0.2) is 70.2 Å². The van der Waals surface area contributed by atoms with Crippen LogP contribution in [0, 0.1) is 13.8 Å². The van der Waals surface area contributed by atoms with Gasteiger partial charge >= 0.3 is 0 Å². The Morgan fingerprint density at radius 2 is 1.72 bits per heavy atom. The Morgan fingerprint density at radius 3 is 2.41 bits per heavy atom. The summed E-state index contributed by atoms with van der Waals surface area (Å²) in [5.41, 5.74) is 12.7. The molecule has 0 saturated carbocycles. The fraction of sp³-hybridized carbons (Fsp3) is 0.320. The van der Waals surface area contributed by atoms with Crippen molar-refractivity contribution in [3.05, 3.63) is 65.2 Å². The van der Waals surface area contributed by atoms with E-state index in [1.165, 1.54) is 18.5 Å². The SMILES string of the molecule is Cc1ccc(S(=O)(=O)n2ccc(C(=O)N3CCC4(CC3)CN=C(NC(=O)c3nc(C)c(N)nc3N)N4)c2)cc1. The Bertz CT molecular complexity index is 1590. The van der Waals surface area contributed by atoms with Crippen LogP contribution < -0.4 is 22.1 Å². The molecule has 39 heavy (non-hydrogen) atoms. The van der Waals surface area contributed by atoms with Crippen LogP contribution >= 0.6 is 0 Å². The fourth-order valence-electron chi connectivity index (χ4n) is 4.60. The molecule has 0 radical (unpaired) electrons. The summed E-state index contributed by atoms with van der Waals surface area (Å²) < 4.78 is 27.0. The Kier molecular flexibility index (Phi) is 6.50. The van der Waals surface area contributed by atoms with Crippen LogP contribution in [0.3, 0.4) is 0 Å². The van der Waals surface area contributed by atoms with E-state index in [1.807, 2.05) is 6.92 Å². The molecule has 0 unspecified atom stereocenters. The first-order chi connectivity index (χ1) is 18.5. The molecule has 204 valence electrons. The van der Waals surface area contributed by atoms with Gasteiger partial charge in [-0.2, -0.15) is 0 Å². The summed E-state index contributed by atoms with van der Waals surface area (Å²) in [7, 11) is -3.80. The number of amides is 2. The van der Waals surface area contributed by atoms with E-state index in [0.717, 1.165) is 9.54 Å². The third kappa shape index (κ3) is 5.02. The number of nitrogens with one attached hydrogen (secondary N) is 2. The highest BCUT2D eigenvalue weighted by Gasteiger charge is 2.40. The van der Waals surface area contributed by atoms with E-state index in [2.05, 4.69) is 25.6 Å². The zero-order chi connectivity index (χ0) is 27.9. The van der Waals surface area contributed by atoms with Gasteiger partial charge in [-0.05, 0) is 44.9 Å². The van der Waals surface area contributed by atoms with Crippen LogP contribution in [0.5, 0.6) is 0 Å². The van der Waals surface area contributed by atoms with Gasteiger partial charge in [-0.1, -0.05) is 17.7 Å². The van der Waals surface area contributed by atoms with E-state index < -0.39 is 21.5 Å². The quantitative estimate of drug-likeness (QED) is 0.361. The number of aliphatic imine (C=N–C) groups is 1. The molecule has 1 aromatic carbocycles. The number of anilines is 2. The number of benzene rings is 1. The van der Waals surface area contributed by atoms with Crippen molar-refractivity contribution < 1.29 is 18.0 Å². The fourth-order valence-corrected chi connectivity index (χ4v) is 5.80. The van der Waals surface area contributed by atoms with Crippen molar-refractivity contribution in [2.75, 3.05) is 31.1 Å². The summed E-state index contributed by atoms with van der Waals surface area (Å²) in [6.45, 7) is 4.81. The predicted octanol–water partition coefficient (Wildman–Crippen LogP) is 0.660. The average molecular weight is 552 g/mol. The molecule has 1 spiro atoms. The van der Waals surface area contributed by atoms with Gasteiger partial charge in [0, 0.05) is 25.5 Å². The van der Waals surface area contributed by atoms with Gasteiger partial charge in [-0.25, -0.2) is 22.4 Å². The molecule has 6 N–H and O–H groups in total. The van der Waals surface area contributed by atoms with Gasteiger partial charge in [0.15, 0.2) is 17.5 Å². The minimum absolute atomic E-state index is 0.0381. The van der Waals surface area contributed by atoms with Crippen molar-refractivity contribution >= 4 is 39.4 Å². The average Bonchev–Trinajstić information content (AvgIpc) is 3.55. The third-order valence-corrected chi connectivity index (χ3v) is 8.67. The molecule has 2 aliphatic heterocycles. The van der Waals surface area contributed by atoms with Gasteiger partial charge in [0.1, 0.15) is 5.82 Å². The van der Waals surface area contributed by atoms with E-state index in [-0.39, 0.29) is 28.1 Å². The summed E-state index contributed by atoms with van der Waals surface area (Å²) in [6, 6.07) is 8.06. The van der Waals surface area contributed by atoms with Crippen LogP contribution in [-0.2, 0) is 10.0 Å². The number of likely N-dealkylation sites (tertiary alicyclic amines) is 1. The molecule has 2 aromatic heterocycles. The molecule has 1 saturated heterocycles. The number of nitrogens with zero attached hydrogens (tertiary/aromatic N) is 5. The van der Waals surface area contributed by atoms with E-state index in [4.69, 9.17) is 11.5 Å². The van der Waals surface area contributed by atoms with E-state index >= 15 is 0 Å². The van der Waals surface area contributed by atoms with E-state index in [0.29, 0.717) is 49.7 Å². The number of hydrogen-bond donors (Lipinski definition) is 4. The molecule has 5 rings (SSSR count). The van der Waals surface area contributed by atoms with Gasteiger partial charge in [-0.15, -0.1) is 0 Å². The number of guanidine groups is 1. The lowest BCUT2D eigenvalue weighted by Crippen LogP contribution is -2.56. The molecule has 13 nitrogen and oxygen atoms in total. The summed E-state index contributed by atoms with van der Waals surface area (Å²) >= 11 is 0. The van der Waals surface area contributed by atoms with Crippen molar-refractivity contribution in [3.8, 4) is 0 Å². The van der Waals surface area contributed by atoms with Crippen molar-refractivity contribution in [1.29, 1.82) is 0 Å². The lowest BCUT2D eigenvalue weighted by molar-refractivity contribution is 0.0668. The van der Waals surface area contributed by atoms with Gasteiger partial charge in [0.25, 0.3) is 21.8 Å². The standard InChI is InChI=1S/C25H29N9O4S/c1-15-3-5-18(6-4-15)39(37,38)34-10-7-17(13-34)23(36)33-11-8-25(9-12-33)14-28-24(32-25)31-22(35)19-21(27)30-20(26)16(2)29-19/h3-7,10,13H,8-9,11-12,14H2,1-2H3,(H4,26,27,30)(H2,28,31,32,35). The largest absolute Gasteiger partial charge is 0.382 e. The maximum atomic E-state index is 13.2. The van der Waals surface area contributed by atoms with Gasteiger partial charge in [0.05, 0.1) is 28.2 Å². The second kappa shape index (κ2) is 9.69. The van der Waals surface area contributed by atoms with Crippen molar-refractivity contribution in [1.82, 2.24) is 29.5 Å². The van der Waals surface area contributed by atoms with E-state index in [9.17, 15) is 18.0 Å². The Balaban J connectivity index is 1.19. The smallest absolute Gasteiger partial charge is 0.280 e. The molecule has 0 bridgehead atoms. The first-order valence-electron chi connectivity index (χ1n) is 12.3. The lowest BCUT2D eigenvalue weighted by atomic mass is 9.88. The maximum absolute atomic E-state index is 13.2. The van der Waals surface area contributed by atoms with Crippen molar-refractivity contribution in [3.63, 3.8) is 0 Å². The van der Waals surface area contributed by atoms with E-state index in [1.54, 1.807) is 36.1 Å². The predicted molar refractivity (Wildman–Crippen MR) is 145 cm³/mol. The first-order valence-corrected chi connectivity index (χ1v) is 13.7. The number of carbonyl (C=O) groups excluding carboxylic acids is 2. The minimum atomic E-state index is -3.80. The second-order valence-electron chi connectivity index (χ2n) is 9.79. The van der Waals surface area contributed by atoms with Gasteiger partial charge < -0.3 is 21.7 Å².